The highest BCUT2D eigenvalue weighted by Gasteiger charge is 2.43. The summed E-state index contributed by atoms with van der Waals surface area (Å²) < 4.78 is 47.8. The number of carbonyl (C=O) groups excluding carboxylic acids is 2. The number of thiophene rings is 1. The van der Waals surface area contributed by atoms with Gasteiger partial charge in [0.15, 0.2) is 0 Å². The van der Waals surface area contributed by atoms with Gasteiger partial charge in [-0.1, -0.05) is 30.3 Å². The van der Waals surface area contributed by atoms with Gasteiger partial charge in [0.05, 0.1) is 28.6 Å². The summed E-state index contributed by atoms with van der Waals surface area (Å²) in [6.45, 7) is 0. The number of halogens is 3. The van der Waals surface area contributed by atoms with Gasteiger partial charge in [-0.3, -0.25) is 4.79 Å². The smallest absolute Gasteiger partial charge is 0.432 e. The minimum atomic E-state index is -4.88. The van der Waals surface area contributed by atoms with Gasteiger partial charge in [0.25, 0.3) is 0 Å². The predicted molar refractivity (Wildman–Crippen MR) is 99.0 cm³/mol. The fraction of sp³-hybridized carbons (Fsp3) is 0.100. The molecule has 0 radical (unpaired) electrons. The van der Waals surface area contributed by atoms with Crippen molar-refractivity contribution in [1.29, 1.82) is 0 Å². The first-order valence-electron chi connectivity index (χ1n) is 8.14. The molecule has 1 aromatic carbocycles. The van der Waals surface area contributed by atoms with E-state index in [1.165, 1.54) is 18.2 Å². The van der Waals surface area contributed by atoms with Crippen molar-refractivity contribution >= 4 is 39.5 Å². The number of benzene rings is 1. The van der Waals surface area contributed by atoms with Crippen LogP contribution in [0.3, 0.4) is 0 Å². The molecule has 0 spiro atoms. The largest absolute Gasteiger partial charge is 0.465 e. The van der Waals surface area contributed by atoms with Crippen molar-refractivity contribution < 1.29 is 27.5 Å². The Bertz CT molecular complexity index is 1220. The van der Waals surface area contributed by atoms with Gasteiger partial charge in [0, 0.05) is 0 Å². The summed E-state index contributed by atoms with van der Waals surface area (Å²) in [4.78, 5) is 25.7. The van der Waals surface area contributed by atoms with Gasteiger partial charge in [-0.15, -0.1) is 11.3 Å². The van der Waals surface area contributed by atoms with E-state index in [0.29, 0.717) is 5.39 Å². The first-order valence-corrected chi connectivity index (χ1v) is 9.02. The second-order valence-corrected chi connectivity index (χ2v) is 6.95. The fourth-order valence-corrected chi connectivity index (χ4v) is 4.00. The van der Waals surface area contributed by atoms with Crippen molar-refractivity contribution in [2.75, 3.05) is 7.11 Å². The van der Waals surface area contributed by atoms with Crippen LogP contribution in [-0.2, 0) is 10.9 Å². The number of hydrogen-bond donors (Lipinski definition) is 0. The van der Waals surface area contributed by atoms with Gasteiger partial charge in [-0.2, -0.15) is 13.2 Å². The quantitative estimate of drug-likeness (QED) is 0.349. The molecule has 0 aliphatic heterocycles. The Labute approximate surface area is 160 Å². The number of para-hydroxylation sites is 1. The molecule has 0 atom stereocenters. The zero-order valence-corrected chi connectivity index (χ0v) is 15.2. The van der Waals surface area contributed by atoms with Crippen LogP contribution in [0.2, 0.25) is 0 Å². The Morgan fingerprint density at radius 1 is 0.964 bits per heavy atom. The Morgan fingerprint density at radius 2 is 1.71 bits per heavy atom. The molecule has 0 fully saturated rings. The molecule has 0 saturated heterocycles. The summed E-state index contributed by atoms with van der Waals surface area (Å²) in [5.41, 5.74) is -2.06. The average Bonchev–Trinajstić information content (AvgIpc) is 3.32. The summed E-state index contributed by atoms with van der Waals surface area (Å²) >= 11 is 1.09. The first-order chi connectivity index (χ1) is 13.3. The summed E-state index contributed by atoms with van der Waals surface area (Å²) in [5, 5.41) is 2.19. The zero-order chi connectivity index (χ0) is 20.1. The number of ketones is 1. The minimum absolute atomic E-state index is 0.00447. The Morgan fingerprint density at radius 3 is 2.36 bits per heavy atom. The molecule has 0 aliphatic rings. The van der Waals surface area contributed by atoms with E-state index in [0.717, 1.165) is 22.8 Å². The monoisotopic (exact) mass is 403 g/mol. The van der Waals surface area contributed by atoms with Gasteiger partial charge in [-0.05, 0) is 29.0 Å². The summed E-state index contributed by atoms with van der Waals surface area (Å²) in [7, 11) is 0.988. The lowest BCUT2D eigenvalue weighted by molar-refractivity contribution is -0.142. The van der Waals surface area contributed by atoms with E-state index < -0.39 is 29.2 Å². The maximum Gasteiger partial charge on any atom is 0.432 e. The molecule has 0 bridgehead atoms. The number of methoxy groups -OCH3 is 1. The van der Waals surface area contributed by atoms with Gasteiger partial charge >= 0.3 is 12.1 Å². The second-order valence-electron chi connectivity index (χ2n) is 6.01. The molecule has 3 aromatic heterocycles. The number of nitrogens with zero attached hydrogens (tertiary/aromatic N) is 1. The lowest BCUT2D eigenvalue weighted by Gasteiger charge is -2.11. The van der Waals surface area contributed by atoms with Crippen molar-refractivity contribution in [1.82, 2.24) is 4.40 Å². The minimum Gasteiger partial charge on any atom is -0.465 e. The lowest BCUT2D eigenvalue weighted by atomic mass is 10.0. The third-order valence-electron chi connectivity index (χ3n) is 4.44. The molecule has 0 aliphatic carbocycles. The van der Waals surface area contributed by atoms with E-state index in [2.05, 4.69) is 4.74 Å². The number of esters is 1. The lowest BCUT2D eigenvalue weighted by Crippen LogP contribution is -2.17. The van der Waals surface area contributed by atoms with Crippen molar-refractivity contribution in [2.24, 2.45) is 0 Å². The topological polar surface area (TPSA) is 47.8 Å². The van der Waals surface area contributed by atoms with Crippen molar-refractivity contribution in [3.05, 3.63) is 75.6 Å². The number of alkyl halides is 3. The normalized spacial score (nSPS) is 11.9. The summed E-state index contributed by atoms with van der Waals surface area (Å²) in [5.74, 6) is -1.86. The number of rotatable bonds is 3. The van der Waals surface area contributed by atoms with Crippen LogP contribution in [0, 0.1) is 0 Å². The molecule has 4 rings (SSSR count). The van der Waals surface area contributed by atoms with Crippen molar-refractivity contribution in [2.45, 2.75) is 6.18 Å². The molecule has 0 N–H and O–H groups in total. The van der Waals surface area contributed by atoms with E-state index in [-0.39, 0.29) is 21.5 Å². The van der Waals surface area contributed by atoms with E-state index in [1.54, 1.807) is 35.7 Å². The van der Waals surface area contributed by atoms with Gasteiger partial charge < -0.3 is 9.14 Å². The Kier molecular flexibility index (Phi) is 4.23. The number of aromatic nitrogens is 1. The molecule has 0 unspecified atom stereocenters. The molecule has 0 saturated carbocycles. The number of hydrogen-bond acceptors (Lipinski definition) is 4. The highest BCUT2D eigenvalue weighted by Crippen LogP contribution is 2.40. The standard InChI is InChI=1S/C20H12F3NO3S/c1-27-19(26)16-15(17(25)14-7-4-10-28-14)13-9-8-11-5-2-3-6-12(11)24(13)18(16)20(21,22)23/h2-10H,1H3. The maximum absolute atomic E-state index is 14.1. The average molecular weight is 403 g/mol. The van der Waals surface area contributed by atoms with Crippen LogP contribution >= 0.6 is 11.3 Å². The van der Waals surface area contributed by atoms with E-state index in [9.17, 15) is 22.8 Å². The molecule has 4 aromatic rings. The highest BCUT2D eigenvalue weighted by molar-refractivity contribution is 7.12. The molecule has 8 heteroatoms. The summed E-state index contributed by atoms with van der Waals surface area (Å²) in [6.07, 6.45) is -4.88. The number of carbonyl (C=O) groups is 2. The molecule has 0 amide bonds. The Balaban J connectivity index is 2.23. The van der Waals surface area contributed by atoms with Crippen LogP contribution in [0.5, 0.6) is 0 Å². The maximum atomic E-state index is 14.1. The number of ether oxygens (including phenoxy) is 1. The van der Waals surface area contributed by atoms with Crippen molar-refractivity contribution in [3.63, 3.8) is 0 Å². The predicted octanol–water partition coefficient (Wildman–Crippen LogP) is 5.19. The third-order valence-corrected chi connectivity index (χ3v) is 5.30. The van der Waals surface area contributed by atoms with E-state index in [4.69, 9.17) is 0 Å². The highest BCUT2D eigenvalue weighted by atomic mass is 32.1. The SMILES string of the molecule is COC(=O)c1c(C(=O)c2cccs2)c2ccc3ccccc3n2c1C(F)(F)F. The first kappa shape index (κ1) is 18.2. The molecular weight excluding hydrogens is 391 g/mol. The van der Waals surface area contributed by atoms with Crippen LogP contribution in [0.1, 0.15) is 31.3 Å². The number of pyridine rings is 1. The van der Waals surface area contributed by atoms with Gasteiger partial charge in [0.2, 0.25) is 5.78 Å². The Hall–Kier alpha value is -3.13. The third kappa shape index (κ3) is 2.68. The molecule has 3 heterocycles. The van der Waals surface area contributed by atoms with Crippen LogP contribution < -0.4 is 0 Å². The second kappa shape index (κ2) is 6.49. The van der Waals surface area contributed by atoms with Crippen LogP contribution in [0.25, 0.3) is 16.4 Å². The molecular formula is C20H12F3NO3S. The molecule has 4 nitrogen and oxygen atoms in total. The van der Waals surface area contributed by atoms with E-state index in [1.807, 2.05) is 0 Å². The van der Waals surface area contributed by atoms with Crippen LogP contribution in [0.4, 0.5) is 13.2 Å². The number of fused-ring (bicyclic) bond motifs is 3. The van der Waals surface area contributed by atoms with Crippen LogP contribution in [-0.4, -0.2) is 23.3 Å². The van der Waals surface area contributed by atoms with E-state index >= 15 is 0 Å². The molecule has 28 heavy (non-hydrogen) atoms. The van der Waals surface area contributed by atoms with Crippen molar-refractivity contribution in [3.8, 4) is 0 Å². The van der Waals surface area contributed by atoms with Gasteiger partial charge in [-0.25, -0.2) is 4.79 Å². The van der Waals surface area contributed by atoms with Gasteiger partial charge in [0.1, 0.15) is 11.3 Å². The fourth-order valence-electron chi connectivity index (χ4n) is 3.33. The van der Waals surface area contributed by atoms with Crippen LogP contribution in [0.15, 0.2) is 53.9 Å². The molecule has 142 valence electrons. The zero-order valence-electron chi connectivity index (χ0n) is 14.4. The summed E-state index contributed by atoms with van der Waals surface area (Å²) in [6, 6.07) is 12.6.